The molecule has 5 aromatic carbocycles. The summed E-state index contributed by atoms with van der Waals surface area (Å²) in [4.78, 5) is 0. The van der Waals surface area contributed by atoms with E-state index in [0.717, 1.165) is 0 Å². The summed E-state index contributed by atoms with van der Waals surface area (Å²) in [6.45, 7) is 0. The number of alkyl halides is 9. The predicted molar refractivity (Wildman–Crippen MR) is 133 cm³/mol. The molecule has 0 N–H and O–H groups in total. The molecule has 0 nitrogen and oxygen atoms in total. The van der Waals surface area contributed by atoms with Crippen molar-refractivity contribution in [1.29, 1.82) is 0 Å². The summed E-state index contributed by atoms with van der Waals surface area (Å²) >= 11 is 0. The number of hydrogen-bond donors (Lipinski definition) is 0. The van der Waals surface area contributed by atoms with E-state index in [1.165, 1.54) is 21.5 Å². The van der Waals surface area contributed by atoms with Gasteiger partial charge in [-0.05, 0) is 0 Å². The van der Waals surface area contributed by atoms with Gasteiger partial charge in [-0.25, -0.2) is 8.78 Å². The van der Waals surface area contributed by atoms with E-state index in [1.54, 1.807) is 0 Å². The molecule has 0 heterocycles. The monoisotopic (exact) mass is 606 g/mol. The molecule has 40 heavy (non-hydrogen) atoms. The van der Waals surface area contributed by atoms with Crippen LogP contribution in [0.15, 0.2) is 115 Å². The first-order chi connectivity index (χ1) is 18.4. The summed E-state index contributed by atoms with van der Waals surface area (Å²) in [6, 6.07) is 47.3. The van der Waals surface area contributed by atoms with Gasteiger partial charge in [0, 0.05) is 0 Å². The van der Waals surface area contributed by atoms with Gasteiger partial charge in [-0.2, -0.15) is 67.1 Å². The molecule has 0 spiro atoms. The largest absolute Gasteiger partial charge is 3.00 e. The second-order valence-electron chi connectivity index (χ2n) is 7.59. The Morgan fingerprint density at radius 3 is 1.18 bits per heavy atom. The third-order valence-electron chi connectivity index (χ3n) is 4.80. The van der Waals surface area contributed by atoms with Crippen LogP contribution in [0.3, 0.4) is 0 Å². The summed E-state index contributed by atoms with van der Waals surface area (Å²) in [5, 5.41) is 4.88. The van der Waals surface area contributed by atoms with Crippen molar-refractivity contribution in [2.75, 3.05) is 0 Å². The Balaban J connectivity index is 0.000000271. The normalized spacial score (nSPS) is 11.2. The van der Waals surface area contributed by atoms with Crippen LogP contribution in [0.25, 0.3) is 21.5 Å². The van der Waals surface area contributed by atoms with Crippen LogP contribution in [-0.4, -0.2) is 24.4 Å². The van der Waals surface area contributed by atoms with Crippen molar-refractivity contribution in [1.82, 2.24) is 0 Å². The Bertz CT molecular complexity index is 1160. The molecule has 0 saturated heterocycles. The molecule has 0 bridgehead atoms. The Kier molecular flexibility index (Phi) is 13.8. The molecule has 0 aliphatic rings. The SMILES string of the molecule is FC(F)C(F)(F)C(F)(F)C(F)(F)F.[Mn+3].[c-]1cccc2ccccc12.[c-]1cccc2ccccc12.[c-]1ccccc1. The van der Waals surface area contributed by atoms with Gasteiger partial charge in [0.05, 0.1) is 0 Å². The maximum atomic E-state index is 11.6. The van der Waals surface area contributed by atoms with Gasteiger partial charge >= 0.3 is 41.5 Å². The summed E-state index contributed by atoms with van der Waals surface area (Å²) < 4.78 is 102. The van der Waals surface area contributed by atoms with Crippen molar-refractivity contribution in [3.8, 4) is 0 Å². The van der Waals surface area contributed by atoms with Crippen molar-refractivity contribution in [2.24, 2.45) is 0 Å². The van der Waals surface area contributed by atoms with Gasteiger partial charge < -0.3 is 0 Å². The first-order valence-corrected chi connectivity index (χ1v) is 11.1. The molecule has 0 aliphatic heterocycles. The van der Waals surface area contributed by atoms with Crippen molar-refractivity contribution in [2.45, 2.75) is 24.4 Å². The third-order valence-corrected chi connectivity index (χ3v) is 4.80. The molecule has 0 saturated carbocycles. The summed E-state index contributed by atoms with van der Waals surface area (Å²) in [5.74, 6) is -13.1. The standard InChI is InChI=1S/2C10H7.C6H5.C4HF9.Mn/c2*1-2-6-10-8-4-3-7-9(10)5-1;1-2-4-6-5-3-1;5-1(6)2(7,8)3(9,10)4(11,12)13;/h2*1-7H;1-5H;1H;/q3*-1;;+3. The average Bonchev–Trinajstić information content (AvgIpc) is 2.94. The molecule has 0 unspecified atom stereocenters. The predicted octanol–water partition coefficient (Wildman–Crippen LogP) is 9.85. The number of rotatable bonds is 2. The Hall–Kier alpha value is -3.49. The minimum Gasteiger partial charge on any atom is -0.203 e. The van der Waals surface area contributed by atoms with Crippen LogP contribution in [-0.2, 0) is 17.1 Å². The van der Waals surface area contributed by atoms with Crippen molar-refractivity contribution >= 4 is 21.5 Å². The molecule has 5 aromatic rings. The number of benzene rings is 5. The van der Waals surface area contributed by atoms with Gasteiger partial charge in [0.25, 0.3) is 0 Å². The molecule has 0 fully saturated rings. The first kappa shape index (κ1) is 34.5. The molecular weight excluding hydrogens is 586 g/mol. The fourth-order valence-electron chi connectivity index (χ4n) is 2.79. The molecule has 5 rings (SSSR count). The van der Waals surface area contributed by atoms with E-state index in [2.05, 4.69) is 54.6 Å². The topological polar surface area (TPSA) is 0 Å². The number of hydrogen-bond acceptors (Lipinski definition) is 0. The second-order valence-corrected chi connectivity index (χ2v) is 7.59. The zero-order valence-electron chi connectivity index (χ0n) is 20.3. The van der Waals surface area contributed by atoms with Crippen molar-refractivity contribution < 1.29 is 56.6 Å². The third kappa shape index (κ3) is 9.92. The van der Waals surface area contributed by atoms with Gasteiger partial charge in [-0.1, -0.05) is 24.3 Å². The van der Waals surface area contributed by atoms with Crippen LogP contribution < -0.4 is 0 Å². The maximum Gasteiger partial charge on any atom is 3.00 e. The minimum atomic E-state index is -6.73. The van der Waals surface area contributed by atoms with E-state index in [1.807, 2.05) is 78.9 Å². The average molecular weight is 606 g/mol. The van der Waals surface area contributed by atoms with E-state index < -0.39 is 24.4 Å². The van der Waals surface area contributed by atoms with Gasteiger partial charge in [-0.15, -0.1) is 94.3 Å². The van der Waals surface area contributed by atoms with Gasteiger partial charge in [0.2, 0.25) is 0 Å². The van der Waals surface area contributed by atoms with Gasteiger partial charge in [-0.3, -0.25) is 0 Å². The molecule has 10 heteroatoms. The van der Waals surface area contributed by atoms with E-state index in [4.69, 9.17) is 0 Å². The Morgan fingerprint density at radius 1 is 0.500 bits per heavy atom. The first-order valence-electron chi connectivity index (χ1n) is 11.1. The van der Waals surface area contributed by atoms with Crippen molar-refractivity contribution in [3.05, 3.63) is 133 Å². The zero-order chi connectivity index (χ0) is 28.9. The van der Waals surface area contributed by atoms with Gasteiger partial charge in [0.1, 0.15) is 0 Å². The van der Waals surface area contributed by atoms with E-state index in [9.17, 15) is 39.5 Å². The van der Waals surface area contributed by atoms with E-state index in [0.29, 0.717) is 0 Å². The number of fused-ring (bicyclic) bond motifs is 2. The van der Waals surface area contributed by atoms with Crippen LogP contribution in [0.2, 0.25) is 0 Å². The quantitative estimate of drug-likeness (QED) is 0.107. The molecule has 210 valence electrons. The van der Waals surface area contributed by atoms with Crippen LogP contribution in [0, 0.1) is 18.2 Å². The fourth-order valence-corrected chi connectivity index (χ4v) is 2.79. The van der Waals surface area contributed by atoms with E-state index >= 15 is 0 Å². The summed E-state index contributed by atoms with van der Waals surface area (Å²) in [5.41, 5.74) is 0. The Labute approximate surface area is 235 Å². The zero-order valence-corrected chi connectivity index (χ0v) is 21.5. The molecule has 0 amide bonds. The minimum absolute atomic E-state index is 0. The van der Waals surface area contributed by atoms with E-state index in [-0.39, 0.29) is 17.1 Å². The molecular formula is C30H20F9Mn. The Morgan fingerprint density at radius 2 is 0.900 bits per heavy atom. The van der Waals surface area contributed by atoms with Crippen LogP contribution >= 0.6 is 0 Å². The fraction of sp³-hybridized carbons (Fsp3) is 0.133. The second kappa shape index (κ2) is 15.9. The molecule has 0 aromatic heterocycles. The van der Waals surface area contributed by atoms with Crippen LogP contribution in [0.5, 0.6) is 0 Å². The maximum absolute atomic E-state index is 11.6. The summed E-state index contributed by atoms with van der Waals surface area (Å²) in [6.07, 6.45) is -11.8. The van der Waals surface area contributed by atoms with Gasteiger partial charge in [0.15, 0.2) is 0 Å². The van der Waals surface area contributed by atoms with Crippen LogP contribution in [0.4, 0.5) is 39.5 Å². The molecule has 0 radical (unpaired) electrons. The van der Waals surface area contributed by atoms with Crippen LogP contribution in [0.1, 0.15) is 0 Å². The summed E-state index contributed by atoms with van der Waals surface area (Å²) in [7, 11) is 0. The molecule has 0 aliphatic carbocycles. The van der Waals surface area contributed by atoms with Crippen molar-refractivity contribution in [3.63, 3.8) is 0 Å². The molecule has 0 atom stereocenters. The number of halogens is 9. The smallest absolute Gasteiger partial charge is 0.203 e.